The van der Waals surface area contributed by atoms with Gasteiger partial charge in [0.05, 0.1) is 19.2 Å². The Morgan fingerprint density at radius 1 is 1.46 bits per heavy atom. The fourth-order valence-corrected chi connectivity index (χ4v) is 3.02. The number of aromatic nitrogens is 1. The summed E-state index contributed by atoms with van der Waals surface area (Å²) in [7, 11) is 1.58. The zero-order valence-corrected chi connectivity index (χ0v) is 13.7. The zero-order valence-electron chi connectivity index (χ0n) is 13.7. The van der Waals surface area contributed by atoms with Gasteiger partial charge in [-0.15, -0.1) is 0 Å². The summed E-state index contributed by atoms with van der Waals surface area (Å²) in [6, 6.07) is 6.08. The molecule has 0 saturated heterocycles. The van der Waals surface area contributed by atoms with Gasteiger partial charge in [0, 0.05) is 22.6 Å². The summed E-state index contributed by atoms with van der Waals surface area (Å²) in [6.45, 7) is 1.69. The van der Waals surface area contributed by atoms with Crippen molar-refractivity contribution in [3.8, 4) is 5.75 Å². The highest BCUT2D eigenvalue weighted by molar-refractivity contribution is 6.09. The normalized spacial score (nSPS) is 15.3. The van der Waals surface area contributed by atoms with E-state index in [1.807, 2.05) is 25.1 Å². The molecule has 7 nitrogen and oxygen atoms in total. The van der Waals surface area contributed by atoms with Gasteiger partial charge in [-0.3, -0.25) is 9.59 Å². The predicted octanol–water partition coefficient (Wildman–Crippen LogP) is 0.869. The number of carbonyl (C=O) groups excluding carboxylic acids is 2. The van der Waals surface area contributed by atoms with E-state index >= 15 is 0 Å². The molecule has 3 rings (SSSR count). The summed E-state index contributed by atoms with van der Waals surface area (Å²) in [5.74, 6) is -0.541. The number of benzene rings is 1. The van der Waals surface area contributed by atoms with Crippen LogP contribution in [0.2, 0.25) is 0 Å². The molecule has 4 N–H and O–H groups in total. The number of methoxy groups -OCH3 is 1. The van der Waals surface area contributed by atoms with Crippen LogP contribution in [0.3, 0.4) is 0 Å². The predicted molar refractivity (Wildman–Crippen MR) is 89.0 cm³/mol. The molecule has 1 aromatic heterocycles. The van der Waals surface area contributed by atoms with Crippen molar-refractivity contribution in [2.24, 2.45) is 5.73 Å². The Morgan fingerprint density at radius 3 is 2.75 bits per heavy atom. The van der Waals surface area contributed by atoms with Gasteiger partial charge in [0.2, 0.25) is 5.91 Å². The molecule has 1 saturated carbocycles. The van der Waals surface area contributed by atoms with Crippen molar-refractivity contribution in [2.75, 3.05) is 13.7 Å². The van der Waals surface area contributed by atoms with Crippen LogP contribution in [0.5, 0.6) is 5.75 Å². The summed E-state index contributed by atoms with van der Waals surface area (Å²) in [5.41, 5.74) is 7.40. The lowest BCUT2D eigenvalue weighted by Gasteiger charge is -2.09. The summed E-state index contributed by atoms with van der Waals surface area (Å²) >= 11 is 0. The van der Waals surface area contributed by atoms with E-state index in [1.54, 1.807) is 7.11 Å². The van der Waals surface area contributed by atoms with Crippen LogP contribution < -0.4 is 15.8 Å². The highest BCUT2D eigenvalue weighted by Crippen LogP contribution is 2.41. The minimum atomic E-state index is -1.40. The average Bonchev–Trinajstić information content (AvgIpc) is 3.34. The fourth-order valence-electron chi connectivity index (χ4n) is 3.02. The average molecular weight is 331 g/mol. The third-order valence-corrected chi connectivity index (χ3v) is 4.38. The lowest BCUT2D eigenvalue weighted by molar-refractivity contribution is -0.125. The van der Waals surface area contributed by atoms with E-state index in [0.717, 1.165) is 29.4 Å². The molecule has 2 amide bonds. The Bertz CT molecular complexity index is 808. The fraction of sp³-hybridized carbons (Fsp3) is 0.412. The first kappa shape index (κ1) is 16.3. The van der Waals surface area contributed by atoms with Crippen molar-refractivity contribution >= 4 is 22.7 Å². The van der Waals surface area contributed by atoms with Crippen LogP contribution in [0.4, 0.5) is 0 Å². The maximum Gasteiger partial charge on any atom is 0.253 e. The second-order valence-electron chi connectivity index (χ2n) is 6.07. The van der Waals surface area contributed by atoms with Crippen LogP contribution in [0.15, 0.2) is 18.2 Å². The summed E-state index contributed by atoms with van der Waals surface area (Å²) in [6.07, 6.45) is 0.788. The number of hydrogen-bond acceptors (Lipinski definition) is 4. The first-order valence-electron chi connectivity index (χ1n) is 7.88. The molecule has 1 heterocycles. The number of amides is 2. The van der Waals surface area contributed by atoms with Crippen molar-refractivity contribution in [1.82, 2.24) is 9.88 Å². The van der Waals surface area contributed by atoms with Crippen molar-refractivity contribution in [3.63, 3.8) is 0 Å². The van der Waals surface area contributed by atoms with Crippen LogP contribution in [-0.4, -0.2) is 41.2 Å². The summed E-state index contributed by atoms with van der Waals surface area (Å²) < 4.78 is 7.44. The van der Waals surface area contributed by atoms with E-state index in [4.69, 9.17) is 10.5 Å². The highest BCUT2D eigenvalue weighted by atomic mass is 16.5. The lowest BCUT2D eigenvalue weighted by atomic mass is 10.1. The number of nitrogens with zero attached hydrogens (tertiary/aromatic N) is 1. The smallest absolute Gasteiger partial charge is 0.253 e. The van der Waals surface area contributed by atoms with Gasteiger partial charge >= 0.3 is 0 Å². The first-order chi connectivity index (χ1) is 11.4. The number of aliphatic hydroxyl groups excluding tert-OH is 1. The monoisotopic (exact) mass is 331 g/mol. The highest BCUT2D eigenvalue weighted by Gasteiger charge is 2.30. The maximum atomic E-state index is 12.6. The number of nitrogens with one attached hydrogen (secondary N) is 1. The number of fused-ring (bicyclic) bond motifs is 1. The largest absolute Gasteiger partial charge is 0.497 e. The van der Waals surface area contributed by atoms with Gasteiger partial charge in [-0.05, 0) is 38.0 Å². The molecule has 1 unspecified atom stereocenters. The number of ether oxygens (including phenoxy) is 1. The van der Waals surface area contributed by atoms with Gasteiger partial charge < -0.3 is 25.5 Å². The number of rotatable bonds is 6. The van der Waals surface area contributed by atoms with Crippen LogP contribution >= 0.6 is 0 Å². The molecule has 1 aliphatic rings. The third-order valence-electron chi connectivity index (χ3n) is 4.38. The van der Waals surface area contributed by atoms with E-state index in [0.29, 0.717) is 17.4 Å². The van der Waals surface area contributed by atoms with E-state index in [2.05, 4.69) is 9.88 Å². The molecule has 1 fully saturated rings. The van der Waals surface area contributed by atoms with Crippen LogP contribution in [-0.2, 0) is 4.79 Å². The molecule has 1 aromatic carbocycles. The van der Waals surface area contributed by atoms with Crippen LogP contribution in [0, 0.1) is 6.92 Å². The van der Waals surface area contributed by atoms with Gasteiger partial charge in [-0.2, -0.15) is 0 Å². The molecule has 128 valence electrons. The molecular weight excluding hydrogens is 310 g/mol. The second-order valence-corrected chi connectivity index (χ2v) is 6.07. The SMILES string of the molecule is COc1ccc2c(c1)c(C(=O)NCC(O)C(N)=O)c(C)n2C1CC1. The second kappa shape index (κ2) is 6.16. The van der Waals surface area contributed by atoms with Crippen molar-refractivity contribution in [1.29, 1.82) is 0 Å². The number of aliphatic hydroxyl groups is 1. The molecule has 1 atom stereocenters. The third kappa shape index (κ3) is 2.82. The Morgan fingerprint density at radius 2 is 2.17 bits per heavy atom. The van der Waals surface area contributed by atoms with E-state index in [-0.39, 0.29) is 12.5 Å². The van der Waals surface area contributed by atoms with Crippen molar-refractivity contribution < 1.29 is 19.4 Å². The Labute approximate surface area is 139 Å². The van der Waals surface area contributed by atoms with Gasteiger partial charge in [-0.1, -0.05) is 0 Å². The Hall–Kier alpha value is -2.54. The summed E-state index contributed by atoms with van der Waals surface area (Å²) in [4.78, 5) is 23.5. The zero-order chi connectivity index (χ0) is 17.4. The molecule has 7 heteroatoms. The van der Waals surface area contributed by atoms with Gasteiger partial charge in [-0.25, -0.2) is 0 Å². The molecule has 0 radical (unpaired) electrons. The Balaban J connectivity index is 2.00. The molecule has 0 aliphatic heterocycles. The van der Waals surface area contributed by atoms with Gasteiger partial charge in [0.25, 0.3) is 5.91 Å². The van der Waals surface area contributed by atoms with E-state index in [9.17, 15) is 14.7 Å². The number of primary amides is 1. The van der Waals surface area contributed by atoms with E-state index < -0.39 is 12.0 Å². The molecule has 0 bridgehead atoms. The minimum Gasteiger partial charge on any atom is -0.497 e. The number of nitrogens with two attached hydrogens (primary N) is 1. The van der Waals surface area contributed by atoms with Gasteiger partial charge in [0.1, 0.15) is 11.9 Å². The number of carbonyl (C=O) groups is 2. The quantitative estimate of drug-likeness (QED) is 0.730. The maximum absolute atomic E-state index is 12.6. The van der Waals surface area contributed by atoms with Crippen molar-refractivity contribution in [3.05, 3.63) is 29.5 Å². The summed E-state index contributed by atoms with van der Waals surface area (Å²) in [5, 5.41) is 12.9. The first-order valence-corrected chi connectivity index (χ1v) is 7.88. The molecular formula is C17H21N3O4. The number of hydrogen-bond donors (Lipinski definition) is 3. The van der Waals surface area contributed by atoms with Gasteiger partial charge in [0.15, 0.2) is 0 Å². The molecule has 2 aromatic rings. The minimum absolute atomic E-state index is 0.215. The standard InChI is InChI=1S/C17H21N3O4/c1-9-15(17(23)19-8-14(21)16(18)22)12-7-11(24-2)5-6-13(12)20(9)10-3-4-10/h5-7,10,14,21H,3-4,8H2,1-2H3,(H2,18,22)(H,19,23). The molecule has 1 aliphatic carbocycles. The van der Waals surface area contributed by atoms with Crippen LogP contribution in [0.1, 0.15) is 34.9 Å². The lowest BCUT2D eigenvalue weighted by Crippen LogP contribution is -2.40. The topological polar surface area (TPSA) is 107 Å². The van der Waals surface area contributed by atoms with Crippen molar-refractivity contribution in [2.45, 2.75) is 31.9 Å². The Kier molecular flexibility index (Phi) is 4.19. The van der Waals surface area contributed by atoms with E-state index in [1.165, 1.54) is 0 Å². The molecule has 24 heavy (non-hydrogen) atoms. The van der Waals surface area contributed by atoms with Crippen LogP contribution in [0.25, 0.3) is 10.9 Å². The molecule has 0 spiro atoms.